The number of hydrogen-bond acceptors (Lipinski definition) is 4. The predicted molar refractivity (Wildman–Crippen MR) is 57.0 cm³/mol. The molecule has 5 heteroatoms. The Hall–Kier alpha value is -1.75. The van der Waals surface area contributed by atoms with Crippen LogP contribution in [0.4, 0.5) is 0 Å². The van der Waals surface area contributed by atoms with E-state index >= 15 is 0 Å². The number of nitrogens with zero attached hydrogens (tertiary/aromatic N) is 2. The van der Waals surface area contributed by atoms with Gasteiger partial charge in [0.1, 0.15) is 0 Å². The molecular formula is C10H8N2O2S. The summed E-state index contributed by atoms with van der Waals surface area (Å²) in [7, 11) is 0. The summed E-state index contributed by atoms with van der Waals surface area (Å²) in [5.41, 5.74) is 1.08. The first kappa shape index (κ1) is 9.79. The standard InChI is InChI=1S/C10H8N2O2S/c1-6-3-5-15-8(6)9-11-4-2-7(12-9)10(13)14/h2-5H,1H3,(H,13,14). The molecule has 1 N–H and O–H groups in total. The van der Waals surface area contributed by atoms with Crippen LogP contribution in [0.1, 0.15) is 16.1 Å². The molecule has 0 fully saturated rings. The van der Waals surface area contributed by atoms with E-state index < -0.39 is 5.97 Å². The Balaban J connectivity index is 2.50. The van der Waals surface area contributed by atoms with Crippen LogP contribution in [0.25, 0.3) is 10.7 Å². The summed E-state index contributed by atoms with van der Waals surface area (Å²) < 4.78 is 0. The maximum absolute atomic E-state index is 10.7. The molecule has 0 saturated carbocycles. The van der Waals surface area contributed by atoms with Gasteiger partial charge in [0.05, 0.1) is 4.88 Å². The molecule has 0 saturated heterocycles. The number of aromatic nitrogens is 2. The van der Waals surface area contributed by atoms with E-state index in [1.807, 2.05) is 18.4 Å². The van der Waals surface area contributed by atoms with Crippen molar-refractivity contribution in [2.45, 2.75) is 6.92 Å². The van der Waals surface area contributed by atoms with Gasteiger partial charge in [-0.1, -0.05) is 0 Å². The van der Waals surface area contributed by atoms with Crippen molar-refractivity contribution in [2.75, 3.05) is 0 Å². The lowest BCUT2D eigenvalue weighted by Gasteiger charge is -1.99. The molecule has 2 aromatic heterocycles. The monoisotopic (exact) mass is 220 g/mol. The number of rotatable bonds is 2. The highest BCUT2D eigenvalue weighted by atomic mass is 32.1. The first-order valence-electron chi connectivity index (χ1n) is 4.29. The molecule has 0 spiro atoms. The molecule has 0 unspecified atom stereocenters. The van der Waals surface area contributed by atoms with Crippen molar-refractivity contribution in [2.24, 2.45) is 0 Å². The number of thiophene rings is 1. The molecule has 0 amide bonds. The molecule has 2 aromatic rings. The minimum atomic E-state index is -1.03. The van der Waals surface area contributed by atoms with Gasteiger partial charge in [-0.3, -0.25) is 0 Å². The van der Waals surface area contributed by atoms with Crippen LogP contribution in [-0.4, -0.2) is 21.0 Å². The molecule has 4 nitrogen and oxygen atoms in total. The minimum absolute atomic E-state index is 0.0211. The molecule has 0 aliphatic heterocycles. The van der Waals surface area contributed by atoms with Gasteiger partial charge in [-0.15, -0.1) is 11.3 Å². The van der Waals surface area contributed by atoms with Crippen molar-refractivity contribution in [1.29, 1.82) is 0 Å². The summed E-state index contributed by atoms with van der Waals surface area (Å²) in [4.78, 5) is 19.7. The number of aromatic carboxylic acids is 1. The zero-order chi connectivity index (χ0) is 10.8. The summed E-state index contributed by atoms with van der Waals surface area (Å²) >= 11 is 1.51. The molecule has 0 bridgehead atoms. The maximum Gasteiger partial charge on any atom is 0.354 e. The Morgan fingerprint density at radius 2 is 2.27 bits per heavy atom. The molecular weight excluding hydrogens is 212 g/mol. The number of aryl methyl sites for hydroxylation is 1. The van der Waals surface area contributed by atoms with Crippen molar-refractivity contribution >= 4 is 17.3 Å². The fourth-order valence-electron chi connectivity index (χ4n) is 1.19. The number of carboxylic acid groups (broad SMARTS) is 1. The van der Waals surface area contributed by atoms with E-state index in [9.17, 15) is 4.79 Å². The summed E-state index contributed by atoms with van der Waals surface area (Å²) in [6, 6.07) is 3.34. The van der Waals surface area contributed by atoms with Crippen LogP contribution >= 0.6 is 11.3 Å². The van der Waals surface area contributed by atoms with Gasteiger partial charge >= 0.3 is 5.97 Å². The Bertz CT molecular complexity index is 508. The van der Waals surface area contributed by atoms with Gasteiger partial charge < -0.3 is 5.11 Å². The minimum Gasteiger partial charge on any atom is -0.477 e. The second kappa shape index (κ2) is 3.78. The van der Waals surface area contributed by atoms with Gasteiger partial charge in [0, 0.05) is 6.20 Å². The zero-order valence-corrected chi connectivity index (χ0v) is 8.78. The predicted octanol–water partition coefficient (Wildman–Crippen LogP) is 2.21. The molecule has 2 heterocycles. The van der Waals surface area contributed by atoms with E-state index in [0.29, 0.717) is 5.82 Å². The van der Waals surface area contributed by atoms with Gasteiger partial charge in [-0.05, 0) is 30.0 Å². The van der Waals surface area contributed by atoms with Crippen LogP contribution in [0.3, 0.4) is 0 Å². The van der Waals surface area contributed by atoms with Crippen LogP contribution in [-0.2, 0) is 0 Å². The van der Waals surface area contributed by atoms with Crippen LogP contribution in [0, 0.1) is 6.92 Å². The van der Waals surface area contributed by atoms with Crippen molar-refractivity contribution < 1.29 is 9.90 Å². The van der Waals surface area contributed by atoms with Crippen molar-refractivity contribution in [1.82, 2.24) is 9.97 Å². The van der Waals surface area contributed by atoms with Gasteiger partial charge in [0.25, 0.3) is 0 Å². The van der Waals surface area contributed by atoms with E-state index in [1.54, 1.807) is 0 Å². The summed E-state index contributed by atoms with van der Waals surface area (Å²) in [5, 5.41) is 10.7. The van der Waals surface area contributed by atoms with E-state index in [1.165, 1.54) is 23.6 Å². The average molecular weight is 220 g/mol. The van der Waals surface area contributed by atoms with E-state index in [2.05, 4.69) is 9.97 Å². The summed E-state index contributed by atoms with van der Waals surface area (Å²) in [5.74, 6) is -0.560. The second-order valence-corrected chi connectivity index (χ2v) is 3.92. The lowest BCUT2D eigenvalue weighted by atomic mass is 10.3. The van der Waals surface area contributed by atoms with Crippen LogP contribution in [0.15, 0.2) is 23.7 Å². The fourth-order valence-corrected chi connectivity index (χ4v) is 2.05. The molecule has 0 radical (unpaired) electrons. The van der Waals surface area contributed by atoms with Gasteiger partial charge in [-0.2, -0.15) is 0 Å². The first-order chi connectivity index (χ1) is 7.18. The second-order valence-electron chi connectivity index (χ2n) is 3.00. The van der Waals surface area contributed by atoms with Crippen LogP contribution < -0.4 is 0 Å². The quantitative estimate of drug-likeness (QED) is 0.842. The molecule has 76 valence electrons. The lowest BCUT2D eigenvalue weighted by Crippen LogP contribution is -2.01. The molecule has 0 aromatic carbocycles. The fraction of sp³-hybridized carbons (Fsp3) is 0.100. The van der Waals surface area contributed by atoms with Gasteiger partial charge in [-0.25, -0.2) is 14.8 Å². The third kappa shape index (κ3) is 1.87. The largest absolute Gasteiger partial charge is 0.477 e. The SMILES string of the molecule is Cc1ccsc1-c1nccc(C(=O)O)n1. The summed E-state index contributed by atoms with van der Waals surface area (Å²) in [6.07, 6.45) is 1.46. The number of carboxylic acids is 1. The average Bonchev–Trinajstić information content (AvgIpc) is 2.64. The van der Waals surface area contributed by atoms with Crippen molar-refractivity contribution in [3.05, 3.63) is 35.0 Å². The highest BCUT2D eigenvalue weighted by Gasteiger charge is 2.10. The first-order valence-corrected chi connectivity index (χ1v) is 5.17. The molecule has 0 aliphatic rings. The highest BCUT2D eigenvalue weighted by Crippen LogP contribution is 2.25. The van der Waals surface area contributed by atoms with Crippen molar-refractivity contribution in [3.8, 4) is 10.7 Å². The van der Waals surface area contributed by atoms with E-state index in [0.717, 1.165) is 10.4 Å². The molecule has 2 rings (SSSR count). The third-order valence-corrected chi connectivity index (χ3v) is 2.95. The topological polar surface area (TPSA) is 63.1 Å². The normalized spacial score (nSPS) is 10.2. The van der Waals surface area contributed by atoms with E-state index in [-0.39, 0.29) is 5.69 Å². The van der Waals surface area contributed by atoms with Crippen molar-refractivity contribution in [3.63, 3.8) is 0 Å². The third-order valence-electron chi connectivity index (χ3n) is 1.94. The van der Waals surface area contributed by atoms with Crippen LogP contribution in [0.2, 0.25) is 0 Å². The zero-order valence-electron chi connectivity index (χ0n) is 7.97. The summed E-state index contributed by atoms with van der Waals surface area (Å²) in [6.45, 7) is 1.95. The molecule has 0 aliphatic carbocycles. The Morgan fingerprint density at radius 3 is 2.87 bits per heavy atom. The van der Waals surface area contributed by atoms with E-state index in [4.69, 9.17) is 5.11 Å². The maximum atomic E-state index is 10.7. The Labute approximate surface area is 90.3 Å². The molecule has 0 atom stereocenters. The lowest BCUT2D eigenvalue weighted by molar-refractivity contribution is 0.0690. The smallest absolute Gasteiger partial charge is 0.354 e. The highest BCUT2D eigenvalue weighted by molar-refractivity contribution is 7.13. The number of hydrogen-bond donors (Lipinski definition) is 1. The number of carbonyl (C=O) groups is 1. The van der Waals surface area contributed by atoms with Gasteiger partial charge in [0.2, 0.25) is 0 Å². The Kier molecular flexibility index (Phi) is 2.47. The van der Waals surface area contributed by atoms with Gasteiger partial charge in [0.15, 0.2) is 11.5 Å². The molecule has 15 heavy (non-hydrogen) atoms. The van der Waals surface area contributed by atoms with Crippen LogP contribution in [0.5, 0.6) is 0 Å². The Morgan fingerprint density at radius 1 is 1.47 bits per heavy atom.